The van der Waals surface area contributed by atoms with Gasteiger partial charge >= 0.3 is 5.97 Å². The van der Waals surface area contributed by atoms with Crippen molar-refractivity contribution in [3.63, 3.8) is 0 Å². The van der Waals surface area contributed by atoms with Crippen LogP contribution in [0.1, 0.15) is 39.5 Å². The molecule has 1 N–H and O–H groups in total. The first kappa shape index (κ1) is 21.9. The molecule has 1 aliphatic rings. The highest BCUT2D eigenvalue weighted by Crippen LogP contribution is 2.43. The Morgan fingerprint density at radius 1 is 1.06 bits per heavy atom. The Hall–Kier alpha value is -3.97. The summed E-state index contributed by atoms with van der Waals surface area (Å²) >= 11 is 5.78. The number of aromatic nitrogens is 1. The Kier molecular flexibility index (Phi) is 5.86. The van der Waals surface area contributed by atoms with Gasteiger partial charge in [-0.1, -0.05) is 36.4 Å². The number of thiocarbonyl (C=S) groups is 1. The van der Waals surface area contributed by atoms with Crippen molar-refractivity contribution in [3.8, 4) is 11.3 Å². The van der Waals surface area contributed by atoms with Crippen LogP contribution in [-0.4, -0.2) is 23.2 Å². The zero-order chi connectivity index (χ0) is 23.7. The van der Waals surface area contributed by atoms with Crippen molar-refractivity contribution in [1.82, 2.24) is 10.3 Å². The third-order valence-corrected chi connectivity index (χ3v) is 6.21. The van der Waals surface area contributed by atoms with Crippen LogP contribution in [0.2, 0.25) is 0 Å². The van der Waals surface area contributed by atoms with Crippen LogP contribution in [0.4, 0.5) is 5.69 Å². The molecule has 0 aliphatic carbocycles. The Balaban J connectivity index is 1.61. The lowest BCUT2D eigenvalue weighted by Crippen LogP contribution is -2.29. The van der Waals surface area contributed by atoms with Crippen molar-refractivity contribution in [3.05, 3.63) is 108 Å². The molecule has 170 valence electrons. The highest BCUT2D eigenvalue weighted by Gasteiger charge is 2.42. The summed E-state index contributed by atoms with van der Waals surface area (Å²) in [6.07, 6.45) is 1.77. The van der Waals surface area contributed by atoms with E-state index in [1.54, 1.807) is 18.3 Å². The number of pyridine rings is 1. The van der Waals surface area contributed by atoms with E-state index in [1.807, 2.05) is 54.6 Å². The van der Waals surface area contributed by atoms with Gasteiger partial charge in [-0.3, -0.25) is 4.98 Å². The van der Waals surface area contributed by atoms with Crippen molar-refractivity contribution in [2.45, 2.75) is 19.0 Å². The molecule has 0 bridgehead atoms. The molecule has 0 amide bonds. The molecule has 7 heteroatoms. The number of methoxy groups -OCH3 is 1. The summed E-state index contributed by atoms with van der Waals surface area (Å²) in [7, 11) is 1.37. The van der Waals surface area contributed by atoms with Crippen molar-refractivity contribution in [2.75, 3.05) is 12.0 Å². The van der Waals surface area contributed by atoms with Gasteiger partial charge in [-0.05, 0) is 67.2 Å². The van der Waals surface area contributed by atoms with Crippen LogP contribution < -0.4 is 10.2 Å². The van der Waals surface area contributed by atoms with Crippen LogP contribution in [0.3, 0.4) is 0 Å². The number of carbonyl (C=O) groups is 1. The molecule has 5 rings (SSSR count). The second-order valence-corrected chi connectivity index (χ2v) is 8.46. The summed E-state index contributed by atoms with van der Waals surface area (Å²) in [6.45, 7) is 2.05. The molecule has 0 spiro atoms. The van der Waals surface area contributed by atoms with Crippen LogP contribution in [-0.2, 0) is 4.74 Å². The summed E-state index contributed by atoms with van der Waals surface area (Å²) in [4.78, 5) is 19.0. The predicted octanol–water partition coefficient (Wildman–Crippen LogP) is 5.61. The lowest BCUT2D eigenvalue weighted by atomic mass is 10.0. The number of hydrogen-bond acceptors (Lipinski definition) is 5. The molecule has 0 radical (unpaired) electrons. The molecule has 0 saturated carbocycles. The summed E-state index contributed by atoms with van der Waals surface area (Å²) in [5, 5.41) is 4.03. The predicted molar refractivity (Wildman–Crippen MR) is 135 cm³/mol. The monoisotopic (exact) mass is 469 g/mol. The molecule has 34 heavy (non-hydrogen) atoms. The smallest absolute Gasteiger partial charge is 0.338 e. The largest absolute Gasteiger partial charge is 0.465 e. The molecule has 1 aliphatic heterocycles. The fraction of sp³-hybridized carbons (Fsp3) is 0.148. The number of furan rings is 1. The normalized spacial score (nSPS) is 17.5. The van der Waals surface area contributed by atoms with Crippen molar-refractivity contribution >= 4 is 29.0 Å². The van der Waals surface area contributed by atoms with E-state index in [-0.39, 0.29) is 12.1 Å². The van der Waals surface area contributed by atoms with E-state index in [0.29, 0.717) is 27.8 Å². The number of nitrogens with one attached hydrogen (secondary N) is 1. The molecule has 2 atom stereocenters. The number of hydrogen-bond donors (Lipinski definition) is 1. The Morgan fingerprint density at radius 3 is 2.65 bits per heavy atom. The average Bonchev–Trinajstić information content (AvgIpc) is 3.48. The molecular formula is C27H23N3O3S. The number of rotatable bonds is 5. The molecule has 3 heterocycles. The minimum absolute atomic E-state index is 0.218. The third kappa shape index (κ3) is 3.95. The highest BCUT2D eigenvalue weighted by molar-refractivity contribution is 7.80. The number of nitrogens with zero attached hydrogens (tertiary/aromatic N) is 2. The van der Waals surface area contributed by atoms with Crippen LogP contribution in [0.15, 0.2) is 89.5 Å². The number of aryl methyl sites for hydroxylation is 1. The van der Waals surface area contributed by atoms with Gasteiger partial charge < -0.3 is 19.4 Å². The summed E-state index contributed by atoms with van der Waals surface area (Å²) < 4.78 is 11.4. The first-order chi connectivity index (χ1) is 16.6. The van der Waals surface area contributed by atoms with Crippen molar-refractivity contribution in [1.29, 1.82) is 0 Å². The van der Waals surface area contributed by atoms with Crippen LogP contribution in [0.5, 0.6) is 0 Å². The highest BCUT2D eigenvalue weighted by atomic mass is 32.1. The third-order valence-electron chi connectivity index (χ3n) is 5.89. The first-order valence-corrected chi connectivity index (χ1v) is 11.3. The number of ether oxygens (including phenoxy) is 1. The number of esters is 1. The quantitative estimate of drug-likeness (QED) is 0.301. The van der Waals surface area contributed by atoms with Gasteiger partial charge in [-0.2, -0.15) is 0 Å². The number of benzene rings is 2. The fourth-order valence-corrected chi connectivity index (χ4v) is 4.69. The molecule has 2 aromatic heterocycles. The van der Waals surface area contributed by atoms with E-state index in [2.05, 4.69) is 34.3 Å². The van der Waals surface area contributed by atoms with Crippen LogP contribution in [0.25, 0.3) is 11.3 Å². The molecular weight excluding hydrogens is 446 g/mol. The second kappa shape index (κ2) is 9.11. The molecule has 1 fully saturated rings. The maximum absolute atomic E-state index is 12.3. The van der Waals surface area contributed by atoms with Crippen LogP contribution in [0, 0.1) is 6.92 Å². The fourth-order valence-electron chi connectivity index (χ4n) is 4.34. The van der Waals surface area contributed by atoms with Gasteiger partial charge in [0, 0.05) is 17.4 Å². The maximum Gasteiger partial charge on any atom is 0.338 e. The van der Waals surface area contributed by atoms with Gasteiger partial charge in [0.1, 0.15) is 17.6 Å². The van der Waals surface area contributed by atoms with Crippen LogP contribution >= 0.6 is 12.2 Å². The van der Waals surface area contributed by atoms with Crippen molar-refractivity contribution in [2.24, 2.45) is 0 Å². The lowest BCUT2D eigenvalue weighted by molar-refractivity contribution is 0.0601. The van der Waals surface area contributed by atoms with E-state index in [9.17, 15) is 4.79 Å². The maximum atomic E-state index is 12.3. The zero-order valence-corrected chi connectivity index (χ0v) is 19.6. The topological polar surface area (TPSA) is 67.6 Å². The van der Waals surface area contributed by atoms with Crippen molar-refractivity contribution < 1.29 is 13.9 Å². The van der Waals surface area contributed by atoms with E-state index >= 15 is 0 Å². The van der Waals surface area contributed by atoms with Gasteiger partial charge in [-0.25, -0.2) is 4.79 Å². The summed E-state index contributed by atoms with van der Waals surface area (Å²) in [5.41, 5.74) is 4.08. The Labute approximate surface area is 203 Å². The van der Waals surface area contributed by atoms with E-state index < -0.39 is 5.97 Å². The van der Waals surface area contributed by atoms with E-state index in [4.69, 9.17) is 21.4 Å². The number of carbonyl (C=O) groups excluding carboxylic acids is 1. The summed E-state index contributed by atoms with van der Waals surface area (Å²) in [6, 6.07) is 24.6. The van der Waals surface area contributed by atoms with E-state index in [1.165, 1.54) is 7.11 Å². The average molecular weight is 470 g/mol. The summed E-state index contributed by atoms with van der Waals surface area (Å²) in [5.74, 6) is 0.877. The molecule has 6 nitrogen and oxygen atoms in total. The SMILES string of the molecule is COC(=O)c1ccccc1-c1ccc(C2C(c3ccccn3)NC(=S)N2c2cccc(C)c2)o1. The lowest BCUT2D eigenvalue weighted by Gasteiger charge is -2.26. The molecule has 1 saturated heterocycles. The molecule has 2 aromatic carbocycles. The second-order valence-electron chi connectivity index (χ2n) is 8.07. The van der Waals surface area contributed by atoms with Gasteiger partial charge in [0.2, 0.25) is 0 Å². The number of anilines is 1. The van der Waals surface area contributed by atoms with Gasteiger partial charge in [0.05, 0.1) is 24.4 Å². The molecule has 4 aromatic rings. The van der Waals surface area contributed by atoms with E-state index in [0.717, 1.165) is 16.9 Å². The standard InChI is InChI=1S/C27H23N3O3S/c1-17-8-7-9-18(16-17)30-25(24(29-27(30)34)21-12-5-6-15-28-21)23-14-13-22(33-23)19-10-3-4-11-20(19)26(31)32-2/h3-16,24-25H,1-2H3,(H,29,34). The Morgan fingerprint density at radius 2 is 1.88 bits per heavy atom. The molecule has 2 unspecified atom stereocenters. The first-order valence-electron chi connectivity index (χ1n) is 10.9. The van der Waals surface area contributed by atoms with Gasteiger partial charge in [0.15, 0.2) is 5.11 Å². The minimum atomic E-state index is -0.412. The minimum Gasteiger partial charge on any atom is -0.465 e. The van der Waals surface area contributed by atoms with Gasteiger partial charge in [-0.15, -0.1) is 0 Å². The zero-order valence-electron chi connectivity index (χ0n) is 18.8. The Bertz CT molecular complexity index is 1350. The van der Waals surface area contributed by atoms with Gasteiger partial charge in [0.25, 0.3) is 0 Å².